The maximum Gasteiger partial charge on any atom is 0.327 e. The van der Waals surface area contributed by atoms with E-state index < -0.39 is 12.0 Å². The van der Waals surface area contributed by atoms with Gasteiger partial charge in [0.1, 0.15) is 6.04 Å². The summed E-state index contributed by atoms with van der Waals surface area (Å²) >= 11 is 1.50. The number of carboxylic acid groups (broad SMARTS) is 1. The fraction of sp³-hybridized carbons (Fsp3) is 0.429. The standard InChI is InChI=1S/C14H16N2O3S/c17-13(16-8-20-7-12(16)14(18)19)10-5-6-15-11-4-2-1-3-9(10)11/h1-4,10,12,15H,5-8H2,(H,18,19). The lowest BCUT2D eigenvalue weighted by Crippen LogP contribution is -2.44. The predicted molar refractivity (Wildman–Crippen MR) is 77.9 cm³/mol. The molecule has 0 bridgehead atoms. The zero-order chi connectivity index (χ0) is 14.1. The van der Waals surface area contributed by atoms with Crippen LogP contribution in [-0.4, -0.2) is 46.1 Å². The fourth-order valence-electron chi connectivity index (χ4n) is 2.79. The molecule has 0 radical (unpaired) electrons. The van der Waals surface area contributed by atoms with E-state index in [9.17, 15) is 14.7 Å². The minimum atomic E-state index is -0.912. The van der Waals surface area contributed by atoms with Gasteiger partial charge in [-0.15, -0.1) is 11.8 Å². The summed E-state index contributed by atoms with van der Waals surface area (Å²) in [5, 5.41) is 12.5. The van der Waals surface area contributed by atoms with Crippen molar-refractivity contribution in [2.75, 3.05) is 23.5 Å². The van der Waals surface area contributed by atoms with Crippen LogP contribution >= 0.6 is 11.8 Å². The number of nitrogens with zero attached hydrogens (tertiary/aromatic N) is 1. The van der Waals surface area contributed by atoms with Crippen LogP contribution in [0.15, 0.2) is 24.3 Å². The maximum atomic E-state index is 12.7. The van der Waals surface area contributed by atoms with Crippen LogP contribution in [0.4, 0.5) is 5.69 Å². The topological polar surface area (TPSA) is 69.6 Å². The molecular weight excluding hydrogens is 276 g/mol. The van der Waals surface area contributed by atoms with Crippen LogP contribution in [0.25, 0.3) is 0 Å². The third kappa shape index (κ3) is 2.24. The minimum absolute atomic E-state index is 0.0589. The molecule has 1 aromatic rings. The van der Waals surface area contributed by atoms with Gasteiger partial charge in [0.05, 0.1) is 11.8 Å². The van der Waals surface area contributed by atoms with Gasteiger partial charge in [-0.05, 0) is 18.1 Å². The van der Waals surface area contributed by atoms with Crippen molar-refractivity contribution in [1.29, 1.82) is 0 Å². The highest BCUT2D eigenvalue weighted by atomic mass is 32.2. The van der Waals surface area contributed by atoms with Crippen LogP contribution in [0.3, 0.4) is 0 Å². The van der Waals surface area contributed by atoms with Gasteiger partial charge < -0.3 is 15.3 Å². The molecule has 2 aliphatic rings. The molecule has 3 rings (SSSR count). The van der Waals surface area contributed by atoms with Crippen LogP contribution < -0.4 is 5.32 Å². The third-order valence-corrected chi connectivity index (χ3v) is 4.85. The Kier molecular flexibility index (Phi) is 3.56. The van der Waals surface area contributed by atoms with Gasteiger partial charge in [-0.2, -0.15) is 0 Å². The van der Waals surface area contributed by atoms with E-state index in [4.69, 9.17) is 0 Å². The molecule has 106 valence electrons. The Bertz CT molecular complexity index is 549. The number of carboxylic acids is 1. The molecule has 1 saturated heterocycles. The van der Waals surface area contributed by atoms with Crippen LogP contribution in [0, 0.1) is 0 Å². The largest absolute Gasteiger partial charge is 0.480 e. The lowest BCUT2D eigenvalue weighted by molar-refractivity contribution is -0.148. The monoisotopic (exact) mass is 292 g/mol. The molecule has 2 heterocycles. The van der Waals surface area contributed by atoms with Crippen LogP contribution in [-0.2, 0) is 9.59 Å². The maximum absolute atomic E-state index is 12.7. The number of nitrogens with one attached hydrogen (secondary N) is 1. The Morgan fingerprint density at radius 2 is 2.15 bits per heavy atom. The smallest absolute Gasteiger partial charge is 0.327 e. The van der Waals surface area contributed by atoms with Gasteiger partial charge >= 0.3 is 5.97 Å². The summed E-state index contributed by atoms with van der Waals surface area (Å²) in [5.74, 6) is -0.245. The molecular formula is C14H16N2O3S. The molecule has 6 heteroatoms. The molecule has 1 fully saturated rings. The van der Waals surface area contributed by atoms with Crippen LogP contribution in [0.2, 0.25) is 0 Å². The number of thioether (sulfide) groups is 1. The van der Waals surface area contributed by atoms with Gasteiger partial charge in [0.15, 0.2) is 0 Å². The molecule has 0 spiro atoms. The van der Waals surface area contributed by atoms with E-state index in [1.807, 2.05) is 24.3 Å². The number of fused-ring (bicyclic) bond motifs is 1. The minimum Gasteiger partial charge on any atom is -0.480 e. The zero-order valence-electron chi connectivity index (χ0n) is 10.9. The summed E-state index contributed by atoms with van der Waals surface area (Å²) in [6.07, 6.45) is 0.712. The van der Waals surface area contributed by atoms with Crippen molar-refractivity contribution in [2.24, 2.45) is 0 Å². The number of carbonyl (C=O) groups excluding carboxylic acids is 1. The molecule has 20 heavy (non-hydrogen) atoms. The quantitative estimate of drug-likeness (QED) is 0.866. The molecule has 0 aromatic heterocycles. The van der Waals surface area contributed by atoms with Crippen LogP contribution in [0.1, 0.15) is 17.9 Å². The van der Waals surface area contributed by atoms with Gasteiger partial charge in [-0.1, -0.05) is 18.2 Å². The van der Waals surface area contributed by atoms with Crippen molar-refractivity contribution in [3.8, 4) is 0 Å². The molecule has 2 unspecified atom stereocenters. The first-order chi connectivity index (χ1) is 9.68. The van der Waals surface area contributed by atoms with Crippen molar-refractivity contribution < 1.29 is 14.7 Å². The fourth-order valence-corrected chi connectivity index (χ4v) is 3.94. The zero-order valence-corrected chi connectivity index (χ0v) is 11.7. The second kappa shape index (κ2) is 5.36. The number of hydrogen-bond acceptors (Lipinski definition) is 4. The van der Waals surface area contributed by atoms with Crippen LogP contribution in [0.5, 0.6) is 0 Å². The number of carbonyl (C=O) groups is 2. The van der Waals surface area contributed by atoms with E-state index in [-0.39, 0.29) is 11.8 Å². The Morgan fingerprint density at radius 1 is 1.35 bits per heavy atom. The summed E-state index contributed by atoms with van der Waals surface area (Å²) in [4.78, 5) is 25.4. The summed E-state index contributed by atoms with van der Waals surface area (Å²) in [6.45, 7) is 0.742. The number of rotatable bonds is 2. The molecule has 2 N–H and O–H groups in total. The molecule has 1 amide bonds. The number of anilines is 1. The van der Waals surface area contributed by atoms with Gasteiger partial charge in [-0.3, -0.25) is 4.79 Å². The molecule has 2 atom stereocenters. The number of benzene rings is 1. The first kappa shape index (κ1) is 13.3. The Balaban J connectivity index is 1.87. The predicted octanol–water partition coefficient (Wildman–Crippen LogP) is 1.57. The van der Waals surface area contributed by atoms with Gasteiger partial charge in [0.2, 0.25) is 5.91 Å². The van der Waals surface area contributed by atoms with Gasteiger partial charge in [0.25, 0.3) is 0 Å². The van der Waals surface area contributed by atoms with Crippen molar-refractivity contribution in [2.45, 2.75) is 18.4 Å². The number of amides is 1. The van der Waals surface area contributed by atoms with Crippen molar-refractivity contribution in [1.82, 2.24) is 4.90 Å². The summed E-state index contributed by atoms with van der Waals surface area (Å²) in [5.41, 5.74) is 1.96. The second-order valence-electron chi connectivity index (χ2n) is 5.02. The highest BCUT2D eigenvalue weighted by Crippen LogP contribution is 2.35. The average molecular weight is 292 g/mol. The average Bonchev–Trinajstić information content (AvgIpc) is 2.95. The molecule has 1 aromatic carbocycles. The number of para-hydroxylation sites is 1. The van der Waals surface area contributed by atoms with E-state index in [1.54, 1.807) is 0 Å². The molecule has 0 aliphatic carbocycles. The number of hydrogen-bond donors (Lipinski definition) is 2. The van der Waals surface area contributed by atoms with E-state index >= 15 is 0 Å². The van der Waals surface area contributed by atoms with Crippen molar-refractivity contribution in [3.05, 3.63) is 29.8 Å². The summed E-state index contributed by atoms with van der Waals surface area (Å²) < 4.78 is 0. The van der Waals surface area contributed by atoms with Gasteiger partial charge in [-0.25, -0.2) is 4.79 Å². The van der Waals surface area contributed by atoms with E-state index in [0.717, 1.165) is 17.8 Å². The Morgan fingerprint density at radius 3 is 2.95 bits per heavy atom. The molecule has 0 saturated carbocycles. The highest BCUT2D eigenvalue weighted by molar-refractivity contribution is 7.99. The van der Waals surface area contributed by atoms with Gasteiger partial charge in [0, 0.05) is 18.0 Å². The lowest BCUT2D eigenvalue weighted by atomic mass is 9.89. The lowest BCUT2D eigenvalue weighted by Gasteiger charge is -2.30. The summed E-state index contributed by atoms with van der Waals surface area (Å²) in [6, 6.07) is 7.07. The van der Waals surface area contributed by atoms with E-state index in [2.05, 4.69) is 5.32 Å². The second-order valence-corrected chi connectivity index (χ2v) is 6.02. The molecule has 2 aliphatic heterocycles. The number of aliphatic carboxylic acids is 1. The summed E-state index contributed by atoms with van der Waals surface area (Å²) in [7, 11) is 0. The first-order valence-electron chi connectivity index (χ1n) is 6.62. The Hall–Kier alpha value is -1.69. The Labute approximate surface area is 121 Å². The van der Waals surface area contributed by atoms with E-state index in [1.165, 1.54) is 16.7 Å². The van der Waals surface area contributed by atoms with Crippen molar-refractivity contribution >= 4 is 29.3 Å². The normalized spacial score (nSPS) is 24.9. The SMILES string of the molecule is O=C(O)C1CSCN1C(=O)C1CCNc2ccccc21. The third-order valence-electron chi connectivity index (χ3n) is 3.83. The first-order valence-corrected chi connectivity index (χ1v) is 7.78. The highest BCUT2D eigenvalue weighted by Gasteiger charge is 2.39. The molecule has 5 nitrogen and oxygen atoms in total. The van der Waals surface area contributed by atoms with E-state index in [0.29, 0.717) is 18.1 Å². The van der Waals surface area contributed by atoms with Crippen molar-refractivity contribution in [3.63, 3.8) is 0 Å².